The molecule has 2 N–H and O–H groups in total. The fraction of sp³-hybridized carbons (Fsp3) is 0.111. The summed E-state index contributed by atoms with van der Waals surface area (Å²) < 4.78 is 13.3. The largest absolute Gasteiger partial charge is 0.492 e. The zero-order valence-corrected chi connectivity index (χ0v) is 20.6. The fourth-order valence-electron chi connectivity index (χ4n) is 3.86. The Balaban J connectivity index is 1.49. The minimum absolute atomic E-state index is 0.339. The monoisotopic (exact) mass is 506 g/mol. The van der Waals surface area contributed by atoms with Crippen LogP contribution in [0, 0.1) is 18.3 Å². The molecule has 0 unspecified atom stereocenters. The van der Waals surface area contributed by atoms with E-state index in [2.05, 4.69) is 43.4 Å². The van der Waals surface area contributed by atoms with E-state index in [9.17, 15) is 10.1 Å². The second-order valence-electron chi connectivity index (χ2n) is 8.18. The zero-order valence-electron chi connectivity index (χ0n) is 20.6. The topological polar surface area (TPSA) is 139 Å². The van der Waals surface area contributed by atoms with Crippen molar-refractivity contribution in [2.45, 2.75) is 13.8 Å². The first-order valence-corrected chi connectivity index (χ1v) is 11.6. The first-order chi connectivity index (χ1) is 18.5. The average molecular weight is 507 g/mol. The van der Waals surface area contributed by atoms with Gasteiger partial charge in [0.2, 0.25) is 11.8 Å². The van der Waals surface area contributed by atoms with E-state index in [-0.39, 0.29) is 5.91 Å². The number of carbonyl (C=O) groups excluding carboxylic acids is 1. The summed E-state index contributed by atoms with van der Waals surface area (Å²) in [7, 11) is 0. The average Bonchev–Trinajstić information content (AvgIpc) is 3.39. The number of nitrogens with one attached hydrogen (secondary N) is 2. The number of ether oxygens (including phenoxy) is 2. The number of benzene rings is 2. The number of fused-ring (bicyclic) bond motifs is 2. The normalized spacial score (nSPS) is 10.7. The molecule has 1 amide bonds. The van der Waals surface area contributed by atoms with Crippen molar-refractivity contribution in [3.05, 3.63) is 79.0 Å². The van der Waals surface area contributed by atoms with Gasteiger partial charge in [-0.25, -0.2) is 4.98 Å². The van der Waals surface area contributed by atoms with Gasteiger partial charge in [0.05, 0.1) is 29.1 Å². The van der Waals surface area contributed by atoms with Gasteiger partial charge in [-0.2, -0.15) is 5.26 Å². The molecule has 38 heavy (non-hydrogen) atoms. The molecule has 5 aromatic rings. The second-order valence-corrected chi connectivity index (χ2v) is 8.18. The van der Waals surface area contributed by atoms with Crippen LogP contribution in [0.4, 0.5) is 17.1 Å². The summed E-state index contributed by atoms with van der Waals surface area (Å²) in [5.74, 6) is 1.09. The van der Waals surface area contributed by atoms with Crippen LogP contribution in [0.2, 0.25) is 0 Å². The van der Waals surface area contributed by atoms with Crippen LogP contribution in [0.5, 0.6) is 17.4 Å². The van der Waals surface area contributed by atoms with Crippen LogP contribution in [0.15, 0.2) is 67.9 Å². The molecular weight excluding hydrogens is 484 g/mol. The number of hydrogen-bond acceptors (Lipinski definition) is 9. The molecule has 0 aliphatic heterocycles. The first-order valence-electron chi connectivity index (χ1n) is 11.6. The molecule has 188 valence electrons. The molecule has 0 saturated carbocycles. The molecule has 11 heteroatoms. The van der Waals surface area contributed by atoms with Gasteiger partial charge in [-0.3, -0.25) is 14.2 Å². The lowest BCUT2D eigenvalue weighted by Gasteiger charge is -2.16. The number of anilines is 3. The third kappa shape index (κ3) is 4.78. The predicted octanol–water partition coefficient (Wildman–Crippen LogP) is 4.91. The van der Waals surface area contributed by atoms with E-state index in [4.69, 9.17) is 9.47 Å². The van der Waals surface area contributed by atoms with Crippen molar-refractivity contribution in [1.82, 2.24) is 24.6 Å². The maximum absolute atomic E-state index is 12.0. The van der Waals surface area contributed by atoms with Crippen molar-refractivity contribution in [3.8, 4) is 23.4 Å². The van der Waals surface area contributed by atoms with Crippen molar-refractivity contribution >= 4 is 39.5 Å². The predicted molar refractivity (Wildman–Crippen MR) is 142 cm³/mol. The van der Waals surface area contributed by atoms with Gasteiger partial charge in [-0.15, -0.1) is 10.2 Å². The molecular formula is C27H22N8O3. The van der Waals surface area contributed by atoms with Gasteiger partial charge in [0.25, 0.3) is 0 Å². The number of nitriles is 1. The maximum Gasteiger partial charge on any atom is 0.247 e. The fourth-order valence-corrected chi connectivity index (χ4v) is 3.86. The summed E-state index contributed by atoms with van der Waals surface area (Å²) in [6, 6.07) is 12.9. The first kappa shape index (κ1) is 24.2. The van der Waals surface area contributed by atoms with Crippen LogP contribution < -0.4 is 20.1 Å². The Bertz CT molecular complexity index is 1740. The molecule has 0 aliphatic rings. The lowest BCUT2D eigenvalue weighted by atomic mass is 10.1. The lowest BCUT2D eigenvalue weighted by Crippen LogP contribution is -2.09. The van der Waals surface area contributed by atoms with E-state index in [1.807, 2.05) is 32.0 Å². The van der Waals surface area contributed by atoms with Gasteiger partial charge >= 0.3 is 0 Å². The molecule has 3 heterocycles. The van der Waals surface area contributed by atoms with Crippen LogP contribution in [-0.4, -0.2) is 37.1 Å². The van der Waals surface area contributed by atoms with Crippen molar-refractivity contribution in [2.75, 3.05) is 17.2 Å². The van der Waals surface area contributed by atoms with Gasteiger partial charge in [0.15, 0.2) is 5.65 Å². The SMILES string of the molecule is C=CC(=O)Nc1cc2c(Nc3ccc(Oc4cc5nncn5cn4)c(C)c3)c(C#N)cnc2cc1OCC. The third-order valence-corrected chi connectivity index (χ3v) is 5.65. The lowest BCUT2D eigenvalue weighted by molar-refractivity contribution is -0.111. The van der Waals surface area contributed by atoms with Gasteiger partial charge in [0, 0.05) is 29.4 Å². The van der Waals surface area contributed by atoms with Crippen LogP contribution in [0.3, 0.4) is 0 Å². The Morgan fingerprint density at radius 3 is 2.82 bits per heavy atom. The molecule has 0 bridgehead atoms. The molecule has 0 radical (unpaired) electrons. The Morgan fingerprint density at radius 1 is 1.18 bits per heavy atom. The van der Waals surface area contributed by atoms with E-state index in [1.54, 1.807) is 35.3 Å². The molecule has 0 aliphatic carbocycles. The number of nitrogens with zero attached hydrogens (tertiary/aromatic N) is 6. The number of hydrogen-bond donors (Lipinski definition) is 2. The number of carbonyl (C=O) groups is 1. The molecule has 0 atom stereocenters. The number of amides is 1. The molecule has 5 rings (SSSR count). The molecule has 0 saturated heterocycles. The van der Waals surface area contributed by atoms with Crippen molar-refractivity contribution in [1.29, 1.82) is 5.26 Å². The van der Waals surface area contributed by atoms with Gasteiger partial charge < -0.3 is 20.1 Å². The molecule has 0 spiro atoms. The highest BCUT2D eigenvalue weighted by Gasteiger charge is 2.16. The van der Waals surface area contributed by atoms with Crippen molar-refractivity contribution in [2.24, 2.45) is 0 Å². The van der Waals surface area contributed by atoms with Crippen LogP contribution in [0.25, 0.3) is 16.6 Å². The Kier molecular flexibility index (Phi) is 6.52. The molecule has 3 aromatic heterocycles. The number of rotatable bonds is 8. The number of aromatic nitrogens is 5. The molecule has 0 fully saturated rings. The number of pyridine rings is 1. The highest BCUT2D eigenvalue weighted by Crippen LogP contribution is 2.37. The molecule has 11 nitrogen and oxygen atoms in total. The maximum atomic E-state index is 12.0. The summed E-state index contributed by atoms with van der Waals surface area (Å²) in [6.45, 7) is 7.66. The highest BCUT2D eigenvalue weighted by atomic mass is 16.5. The van der Waals surface area contributed by atoms with E-state index in [0.29, 0.717) is 57.5 Å². The quantitative estimate of drug-likeness (QED) is 0.281. The zero-order chi connectivity index (χ0) is 26.6. The van der Waals surface area contributed by atoms with Crippen molar-refractivity contribution in [3.63, 3.8) is 0 Å². The summed E-state index contributed by atoms with van der Waals surface area (Å²) in [5, 5.41) is 24.4. The van der Waals surface area contributed by atoms with Crippen LogP contribution >= 0.6 is 0 Å². The van der Waals surface area contributed by atoms with E-state index in [0.717, 1.165) is 11.3 Å². The van der Waals surface area contributed by atoms with Gasteiger partial charge in [-0.1, -0.05) is 6.58 Å². The van der Waals surface area contributed by atoms with Crippen molar-refractivity contribution < 1.29 is 14.3 Å². The standard InChI is InChI=1S/C27H22N8O3/c1-4-25(36)33-21-9-19-20(10-23(21)37-5-2)29-13-17(12-28)27(19)32-18-6-7-22(16(3)8-18)38-26-11-24-34-31-15-35(24)14-30-26/h4,6-11,13-15H,1,5H2,2-3H3,(H,29,32)(H,33,36). The Labute approximate surface area is 217 Å². The third-order valence-electron chi connectivity index (χ3n) is 5.65. The molecule has 2 aromatic carbocycles. The van der Waals surface area contributed by atoms with Crippen LogP contribution in [-0.2, 0) is 4.79 Å². The Hall–Kier alpha value is -5.50. The van der Waals surface area contributed by atoms with Gasteiger partial charge in [-0.05, 0) is 49.8 Å². The summed E-state index contributed by atoms with van der Waals surface area (Å²) in [6.07, 6.45) is 5.81. The summed E-state index contributed by atoms with van der Waals surface area (Å²) in [5.41, 5.74) is 4.11. The van der Waals surface area contributed by atoms with E-state index >= 15 is 0 Å². The highest BCUT2D eigenvalue weighted by molar-refractivity contribution is 6.04. The van der Waals surface area contributed by atoms with Gasteiger partial charge in [0.1, 0.15) is 30.2 Å². The van der Waals surface area contributed by atoms with Crippen LogP contribution in [0.1, 0.15) is 18.1 Å². The summed E-state index contributed by atoms with van der Waals surface area (Å²) in [4.78, 5) is 20.7. The summed E-state index contributed by atoms with van der Waals surface area (Å²) >= 11 is 0. The second kappa shape index (κ2) is 10.2. The van der Waals surface area contributed by atoms with E-state index < -0.39 is 0 Å². The smallest absolute Gasteiger partial charge is 0.247 e. The Morgan fingerprint density at radius 2 is 2.05 bits per heavy atom. The minimum Gasteiger partial charge on any atom is -0.492 e. The van der Waals surface area contributed by atoms with E-state index in [1.165, 1.54) is 12.3 Å². The number of aryl methyl sites for hydroxylation is 1. The minimum atomic E-state index is -0.381.